The molecule has 0 atom stereocenters. The number of sulfonamides is 1. The van der Waals surface area contributed by atoms with Crippen LogP contribution in [-0.2, 0) is 29.3 Å². The quantitative estimate of drug-likeness (QED) is 0.0937. The third-order valence-electron chi connectivity index (χ3n) is 7.91. The summed E-state index contributed by atoms with van der Waals surface area (Å²) in [5.41, 5.74) is 3.54. The predicted molar refractivity (Wildman–Crippen MR) is 180 cm³/mol. The van der Waals surface area contributed by atoms with Gasteiger partial charge in [0.1, 0.15) is 5.75 Å². The summed E-state index contributed by atoms with van der Waals surface area (Å²) in [6, 6.07) is 34.3. The molecule has 0 fully saturated rings. The Kier molecular flexibility index (Phi) is 9.21. The third-order valence-corrected chi connectivity index (χ3v) is 9.26. The standard InChI is InChI=1S/C37H32N2O7S/c40-35(39-47(43,44)29-15-2-1-3-16-29)28-14-6-10-25(24-28)21-22-27-13-7-18-31-32(36(38-34(27)31)46-37(41)42)19-9-23-45-33-20-8-12-26-11-4-5-17-30(26)33/h1-8,10-18,20,24,38H,9,19,21-23H2,(H,39,40)(H,41,42). The summed E-state index contributed by atoms with van der Waals surface area (Å²) in [5.74, 6) is 0.265. The lowest BCUT2D eigenvalue weighted by atomic mass is 9.99. The van der Waals surface area contributed by atoms with Crippen LogP contribution in [0.15, 0.2) is 120 Å². The average molecular weight is 649 g/mol. The van der Waals surface area contributed by atoms with Crippen LogP contribution in [-0.4, -0.2) is 37.2 Å². The fourth-order valence-electron chi connectivity index (χ4n) is 5.68. The molecule has 47 heavy (non-hydrogen) atoms. The molecule has 0 spiro atoms. The Morgan fingerprint density at radius 1 is 0.766 bits per heavy atom. The maximum Gasteiger partial charge on any atom is 0.512 e. The van der Waals surface area contributed by atoms with Gasteiger partial charge in [-0.15, -0.1) is 0 Å². The fourth-order valence-corrected chi connectivity index (χ4v) is 6.68. The number of amides is 1. The van der Waals surface area contributed by atoms with Crippen molar-refractivity contribution < 1.29 is 32.6 Å². The molecule has 1 aromatic heterocycles. The minimum absolute atomic E-state index is 0.00602. The Hall–Kier alpha value is -5.61. The molecule has 5 aromatic carbocycles. The number of carboxylic acid groups (broad SMARTS) is 1. The van der Waals surface area contributed by atoms with E-state index in [1.165, 1.54) is 12.1 Å². The molecule has 238 valence electrons. The van der Waals surface area contributed by atoms with E-state index >= 15 is 0 Å². The molecule has 9 nitrogen and oxygen atoms in total. The predicted octanol–water partition coefficient (Wildman–Crippen LogP) is 7.29. The number of carbonyl (C=O) groups excluding carboxylic acids is 1. The zero-order valence-electron chi connectivity index (χ0n) is 25.3. The highest BCUT2D eigenvalue weighted by Crippen LogP contribution is 2.33. The Morgan fingerprint density at radius 2 is 1.49 bits per heavy atom. The van der Waals surface area contributed by atoms with Crippen molar-refractivity contribution in [3.8, 4) is 11.6 Å². The van der Waals surface area contributed by atoms with E-state index in [0.29, 0.717) is 32.3 Å². The van der Waals surface area contributed by atoms with Gasteiger partial charge in [-0.1, -0.05) is 84.9 Å². The highest BCUT2D eigenvalue weighted by molar-refractivity contribution is 7.90. The number of aromatic amines is 1. The van der Waals surface area contributed by atoms with Gasteiger partial charge in [-0.25, -0.2) is 17.9 Å². The van der Waals surface area contributed by atoms with Crippen molar-refractivity contribution in [3.05, 3.63) is 138 Å². The van der Waals surface area contributed by atoms with Gasteiger partial charge in [-0.2, -0.15) is 0 Å². The van der Waals surface area contributed by atoms with E-state index in [0.717, 1.165) is 44.1 Å². The van der Waals surface area contributed by atoms with Crippen molar-refractivity contribution in [1.82, 2.24) is 9.71 Å². The van der Waals surface area contributed by atoms with Crippen molar-refractivity contribution in [2.75, 3.05) is 6.61 Å². The molecule has 0 aliphatic heterocycles. The summed E-state index contributed by atoms with van der Waals surface area (Å²) < 4.78 is 38.7. The zero-order chi connectivity index (χ0) is 32.8. The van der Waals surface area contributed by atoms with E-state index in [1.807, 2.05) is 66.7 Å². The molecule has 0 saturated carbocycles. The van der Waals surface area contributed by atoms with Crippen molar-refractivity contribution in [2.24, 2.45) is 0 Å². The Morgan fingerprint density at radius 3 is 2.32 bits per heavy atom. The van der Waals surface area contributed by atoms with Gasteiger partial charge in [0, 0.05) is 21.9 Å². The van der Waals surface area contributed by atoms with Crippen LogP contribution in [0, 0.1) is 0 Å². The zero-order valence-corrected chi connectivity index (χ0v) is 26.1. The van der Waals surface area contributed by atoms with Gasteiger partial charge in [0.25, 0.3) is 15.9 Å². The van der Waals surface area contributed by atoms with Crippen LogP contribution in [0.5, 0.6) is 11.6 Å². The number of nitrogens with one attached hydrogen (secondary N) is 2. The molecule has 0 aliphatic rings. The van der Waals surface area contributed by atoms with Crippen LogP contribution < -0.4 is 14.2 Å². The van der Waals surface area contributed by atoms with Crippen molar-refractivity contribution in [2.45, 2.75) is 30.6 Å². The largest absolute Gasteiger partial charge is 0.512 e. The maximum atomic E-state index is 12.8. The van der Waals surface area contributed by atoms with E-state index in [2.05, 4.69) is 9.71 Å². The molecule has 10 heteroatoms. The fraction of sp³-hybridized carbons (Fsp3) is 0.135. The highest BCUT2D eigenvalue weighted by Gasteiger charge is 2.20. The second kappa shape index (κ2) is 13.8. The van der Waals surface area contributed by atoms with E-state index < -0.39 is 22.1 Å². The number of hydrogen-bond acceptors (Lipinski definition) is 6. The number of para-hydroxylation sites is 1. The topological polar surface area (TPSA) is 135 Å². The van der Waals surface area contributed by atoms with Gasteiger partial charge < -0.3 is 19.6 Å². The third kappa shape index (κ3) is 7.29. The van der Waals surface area contributed by atoms with Crippen LogP contribution in [0.3, 0.4) is 0 Å². The van der Waals surface area contributed by atoms with Crippen LogP contribution in [0.1, 0.15) is 33.5 Å². The number of fused-ring (bicyclic) bond motifs is 2. The molecule has 0 radical (unpaired) electrons. The van der Waals surface area contributed by atoms with Gasteiger partial charge >= 0.3 is 6.16 Å². The molecule has 0 unspecified atom stereocenters. The van der Waals surface area contributed by atoms with Gasteiger partial charge in [-0.05, 0) is 72.5 Å². The Bertz CT molecular complexity index is 2170. The van der Waals surface area contributed by atoms with Gasteiger partial charge in [0.05, 0.1) is 17.0 Å². The second-order valence-electron chi connectivity index (χ2n) is 11.0. The second-order valence-corrected chi connectivity index (χ2v) is 12.7. The first kappa shape index (κ1) is 31.4. The molecule has 0 saturated heterocycles. The summed E-state index contributed by atoms with van der Waals surface area (Å²) >= 11 is 0. The van der Waals surface area contributed by atoms with E-state index in [1.54, 1.807) is 36.4 Å². The number of rotatable bonds is 12. The smallest absolute Gasteiger partial charge is 0.493 e. The Labute approximate surface area is 271 Å². The SMILES string of the molecule is O=C(O)Oc1[nH]c2c(CCc3cccc(C(=O)NS(=O)(=O)c4ccccc4)c3)cccc2c1CCCOc1cccc2ccccc12. The molecule has 0 bridgehead atoms. The first-order valence-electron chi connectivity index (χ1n) is 15.1. The number of hydrogen-bond donors (Lipinski definition) is 3. The molecule has 3 N–H and O–H groups in total. The molecular formula is C37H32N2O7S. The lowest BCUT2D eigenvalue weighted by molar-refractivity contribution is 0.0981. The summed E-state index contributed by atoms with van der Waals surface area (Å²) in [7, 11) is -4.01. The molecule has 1 heterocycles. The molecule has 1 amide bonds. The normalized spacial score (nSPS) is 11.4. The van der Waals surface area contributed by atoms with Crippen LogP contribution >= 0.6 is 0 Å². The Balaban J connectivity index is 1.15. The molecule has 6 rings (SSSR count). The molecular weight excluding hydrogens is 616 g/mol. The number of H-pyrrole nitrogens is 1. The number of carbonyl (C=O) groups is 2. The number of ether oxygens (including phenoxy) is 2. The van der Waals surface area contributed by atoms with E-state index in [-0.39, 0.29) is 16.3 Å². The average Bonchev–Trinajstić information content (AvgIpc) is 3.42. The highest BCUT2D eigenvalue weighted by atomic mass is 32.2. The van der Waals surface area contributed by atoms with Crippen molar-refractivity contribution in [3.63, 3.8) is 0 Å². The van der Waals surface area contributed by atoms with E-state index in [9.17, 15) is 23.1 Å². The van der Waals surface area contributed by atoms with Crippen molar-refractivity contribution in [1.29, 1.82) is 0 Å². The summed E-state index contributed by atoms with van der Waals surface area (Å²) in [5, 5.41) is 12.4. The van der Waals surface area contributed by atoms with Crippen LogP contribution in [0.4, 0.5) is 4.79 Å². The van der Waals surface area contributed by atoms with E-state index in [4.69, 9.17) is 9.47 Å². The monoisotopic (exact) mass is 648 g/mol. The summed E-state index contributed by atoms with van der Waals surface area (Å²) in [4.78, 5) is 27.6. The number of aromatic nitrogens is 1. The van der Waals surface area contributed by atoms with Crippen molar-refractivity contribution >= 4 is 43.8 Å². The summed E-state index contributed by atoms with van der Waals surface area (Å²) in [6.07, 6.45) is 0.872. The minimum atomic E-state index is -4.01. The minimum Gasteiger partial charge on any atom is -0.493 e. The van der Waals surface area contributed by atoms with Crippen LogP contribution in [0.2, 0.25) is 0 Å². The first-order valence-corrected chi connectivity index (χ1v) is 16.6. The molecule has 6 aromatic rings. The van der Waals surface area contributed by atoms with Gasteiger partial charge in [-0.3, -0.25) is 4.79 Å². The lowest BCUT2D eigenvalue weighted by Crippen LogP contribution is -2.30. The number of benzene rings is 5. The lowest BCUT2D eigenvalue weighted by Gasteiger charge is -2.10. The van der Waals surface area contributed by atoms with Crippen LogP contribution in [0.25, 0.3) is 21.7 Å². The first-order chi connectivity index (χ1) is 22.8. The molecule has 0 aliphatic carbocycles. The van der Waals surface area contributed by atoms with Gasteiger partial charge in [0.15, 0.2) is 0 Å². The maximum absolute atomic E-state index is 12.8. The number of aryl methyl sites for hydroxylation is 3. The summed E-state index contributed by atoms with van der Waals surface area (Å²) in [6.45, 7) is 0.434. The van der Waals surface area contributed by atoms with Gasteiger partial charge in [0.2, 0.25) is 5.88 Å².